The van der Waals surface area contributed by atoms with E-state index in [9.17, 15) is 9.90 Å². The summed E-state index contributed by atoms with van der Waals surface area (Å²) in [5.74, 6) is -0.129. The molecule has 2 rings (SSSR count). The van der Waals surface area contributed by atoms with Crippen LogP contribution in [0.15, 0.2) is 48.5 Å². The zero-order valence-corrected chi connectivity index (χ0v) is 10.1. The van der Waals surface area contributed by atoms with Crippen LogP contribution in [0.25, 0.3) is 0 Å². The molecule has 0 aliphatic carbocycles. The molecule has 18 heavy (non-hydrogen) atoms. The lowest BCUT2D eigenvalue weighted by Crippen LogP contribution is -2.08. The van der Waals surface area contributed by atoms with Crippen LogP contribution >= 0.6 is 0 Å². The highest BCUT2D eigenvalue weighted by atomic mass is 16.3. The number of carbonyl (C=O) groups excluding carboxylic acids is 1. The molecular weight excluding hydrogens is 226 g/mol. The van der Waals surface area contributed by atoms with Gasteiger partial charge in [-0.3, -0.25) is 4.79 Å². The van der Waals surface area contributed by atoms with Gasteiger partial charge in [0.05, 0.1) is 6.10 Å². The number of ketones is 1. The zero-order chi connectivity index (χ0) is 13.1. The van der Waals surface area contributed by atoms with Crippen LogP contribution in [-0.4, -0.2) is 10.9 Å². The second-order valence-electron chi connectivity index (χ2n) is 4.18. The van der Waals surface area contributed by atoms with E-state index >= 15 is 0 Å². The number of hydrogen-bond donors (Lipinski definition) is 2. The van der Waals surface area contributed by atoms with E-state index in [1.807, 2.05) is 18.2 Å². The van der Waals surface area contributed by atoms with Gasteiger partial charge < -0.3 is 10.8 Å². The minimum absolute atomic E-state index is 0.129. The minimum Gasteiger partial charge on any atom is -0.398 e. The van der Waals surface area contributed by atoms with Crippen molar-refractivity contribution < 1.29 is 9.90 Å². The fourth-order valence-electron chi connectivity index (χ4n) is 1.89. The van der Waals surface area contributed by atoms with Crippen LogP contribution in [0, 0.1) is 0 Å². The number of para-hydroxylation sites is 1. The summed E-state index contributed by atoms with van der Waals surface area (Å²) in [6, 6.07) is 14.1. The van der Waals surface area contributed by atoms with Gasteiger partial charge in [-0.15, -0.1) is 0 Å². The molecule has 0 heterocycles. The molecule has 0 aliphatic rings. The van der Waals surface area contributed by atoms with Crippen LogP contribution in [-0.2, 0) is 0 Å². The second kappa shape index (κ2) is 5.02. The molecule has 3 N–H and O–H groups in total. The largest absolute Gasteiger partial charge is 0.398 e. The molecule has 1 unspecified atom stereocenters. The number of nitrogen functional groups attached to an aromatic ring is 1. The molecule has 0 amide bonds. The van der Waals surface area contributed by atoms with Gasteiger partial charge in [0.1, 0.15) is 0 Å². The summed E-state index contributed by atoms with van der Waals surface area (Å²) in [6.45, 7) is 1.63. The molecule has 0 saturated carbocycles. The maximum atomic E-state index is 12.3. The van der Waals surface area contributed by atoms with Gasteiger partial charge >= 0.3 is 0 Å². The predicted octanol–water partition coefficient (Wildman–Crippen LogP) is 2.55. The SMILES string of the molecule is CC(O)c1cccc(C(=O)c2ccccc2)c1N. The van der Waals surface area contributed by atoms with Gasteiger partial charge in [0.2, 0.25) is 0 Å². The maximum Gasteiger partial charge on any atom is 0.195 e. The van der Waals surface area contributed by atoms with Crippen molar-refractivity contribution in [3.8, 4) is 0 Å². The van der Waals surface area contributed by atoms with Crippen molar-refractivity contribution in [3.05, 3.63) is 65.2 Å². The number of rotatable bonds is 3. The molecule has 0 fully saturated rings. The smallest absolute Gasteiger partial charge is 0.195 e. The molecule has 0 aromatic heterocycles. The Labute approximate surface area is 106 Å². The number of hydrogen-bond acceptors (Lipinski definition) is 3. The molecule has 3 nitrogen and oxygen atoms in total. The average molecular weight is 241 g/mol. The Hall–Kier alpha value is -2.13. The lowest BCUT2D eigenvalue weighted by Gasteiger charge is -2.12. The summed E-state index contributed by atoms with van der Waals surface area (Å²) in [5.41, 5.74) is 7.89. The Morgan fingerprint density at radius 1 is 1.11 bits per heavy atom. The van der Waals surface area contributed by atoms with Gasteiger partial charge in [-0.05, 0) is 13.0 Å². The molecule has 0 saturated heterocycles. The zero-order valence-electron chi connectivity index (χ0n) is 10.1. The van der Waals surface area contributed by atoms with Gasteiger partial charge in [-0.2, -0.15) is 0 Å². The van der Waals surface area contributed by atoms with E-state index in [2.05, 4.69) is 0 Å². The van der Waals surface area contributed by atoms with Gasteiger partial charge in [0.25, 0.3) is 0 Å². The summed E-state index contributed by atoms with van der Waals surface area (Å²) in [5, 5.41) is 9.59. The fraction of sp³-hybridized carbons (Fsp3) is 0.133. The summed E-state index contributed by atoms with van der Waals surface area (Å²) < 4.78 is 0. The first-order chi connectivity index (χ1) is 8.61. The normalized spacial score (nSPS) is 12.1. The van der Waals surface area contributed by atoms with Crippen molar-refractivity contribution in [1.29, 1.82) is 0 Å². The third-order valence-electron chi connectivity index (χ3n) is 2.87. The number of carbonyl (C=O) groups is 1. The van der Waals surface area contributed by atoms with Gasteiger partial charge in [0.15, 0.2) is 5.78 Å². The first-order valence-electron chi connectivity index (χ1n) is 5.77. The molecule has 2 aromatic carbocycles. The number of benzene rings is 2. The van der Waals surface area contributed by atoms with E-state index in [-0.39, 0.29) is 5.78 Å². The Kier molecular flexibility index (Phi) is 3.44. The molecule has 92 valence electrons. The number of aliphatic hydroxyl groups is 1. The van der Waals surface area contributed by atoms with Crippen LogP contribution in [0.1, 0.15) is 34.5 Å². The van der Waals surface area contributed by atoms with Crippen LogP contribution in [0.4, 0.5) is 5.69 Å². The number of nitrogens with two attached hydrogens (primary N) is 1. The predicted molar refractivity (Wildman–Crippen MR) is 71.4 cm³/mol. The summed E-state index contributed by atoms with van der Waals surface area (Å²) in [4.78, 5) is 12.3. The lowest BCUT2D eigenvalue weighted by molar-refractivity contribution is 0.103. The van der Waals surface area contributed by atoms with E-state index in [0.29, 0.717) is 22.4 Å². The topological polar surface area (TPSA) is 63.3 Å². The average Bonchev–Trinajstić information content (AvgIpc) is 2.39. The molecule has 3 heteroatoms. The Morgan fingerprint density at radius 2 is 1.78 bits per heavy atom. The van der Waals surface area contributed by atoms with Gasteiger partial charge in [-0.25, -0.2) is 0 Å². The van der Waals surface area contributed by atoms with Crippen molar-refractivity contribution in [3.63, 3.8) is 0 Å². The highest BCUT2D eigenvalue weighted by Gasteiger charge is 2.15. The summed E-state index contributed by atoms with van der Waals surface area (Å²) in [6.07, 6.45) is -0.687. The van der Waals surface area contributed by atoms with Crippen molar-refractivity contribution >= 4 is 11.5 Å². The highest BCUT2D eigenvalue weighted by molar-refractivity contribution is 6.12. The molecule has 2 aromatic rings. The summed E-state index contributed by atoms with van der Waals surface area (Å²) >= 11 is 0. The Bertz CT molecular complexity index is 562. The van der Waals surface area contributed by atoms with E-state index < -0.39 is 6.10 Å². The lowest BCUT2D eigenvalue weighted by atomic mass is 9.97. The summed E-state index contributed by atoms with van der Waals surface area (Å²) in [7, 11) is 0. The van der Waals surface area contributed by atoms with E-state index in [4.69, 9.17) is 5.73 Å². The standard InChI is InChI=1S/C15H15NO2/c1-10(17)12-8-5-9-13(14(12)16)15(18)11-6-3-2-4-7-11/h2-10,17H,16H2,1H3. The van der Waals surface area contributed by atoms with Crippen LogP contribution < -0.4 is 5.73 Å². The molecule has 0 spiro atoms. The van der Waals surface area contributed by atoms with Crippen molar-refractivity contribution in [2.75, 3.05) is 5.73 Å². The molecule has 0 radical (unpaired) electrons. The van der Waals surface area contributed by atoms with E-state index in [0.717, 1.165) is 0 Å². The number of aliphatic hydroxyl groups excluding tert-OH is 1. The van der Waals surface area contributed by atoms with Crippen molar-refractivity contribution in [2.45, 2.75) is 13.0 Å². The molecule has 0 aliphatic heterocycles. The van der Waals surface area contributed by atoms with Crippen molar-refractivity contribution in [2.24, 2.45) is 0 Å². The maximum absolute atomic E-state index is 12.3. The highest BCUT2D eigenvalue weighted by Crippen LogP contribution is 2.25. The van der Waals surface area contributed by atoms with E-state index in [1.54, 1.807) is 37.3 Å². The second-order valence-corrected chi connectivity index (χ2v) is 4.18. The first-order valence-corrected chi connectivity index (χ1v) is 5.77. The first kappa shape index (κ1) is 12.3. The van der Waals surface area contributed by atoms with Crippen LogP contribution in [0.2, 0.25) is 0 Å². The molecular formula is C15H15NO2. The van der Waals surface area contributed by atoms with Crippen molar-refractivity contribution in [1.82, 2.24) is 0 Å². The van der Waals surface area contributed by atoms with Gasteiger partial charge in [0, 0.05) is 22.4 Å². The molecule has 0 bridgehead atoms. The van der Waals surface area contributed by atoms with Crippen LogP contribution in [0.5, 0.6) is 0 Å². The quantitative estimate of drug-likeness (QED) is 0.641. The Morgan fingerprint density at radius 3 is 2.39 bits per heavy atom. The fourth-order valence-corrected chi connectivity index (χ4v) is 1.89. The monoisotopic (exact) mass is 241 g/mol. The molecule has 1 atom stereocenters. The number of anilines is 1. The van der Waals surface area contributed by atoms with Gasteiger partial charge in [-0.1, -0.05) is 42.5 Å². The minimum atomic E-state index is -0.687. The third kappa shape index (κ3) is 2.26. The Balaban J connectivity index is 2.47. The van der Waals surface area contributed by atoms with Crippen LogP contribution in [0.3, 0.4) is 0 Å². The van der Waals surface area contributed by atoms with E-state index in [1.165, 1.54) is 0 Å². The third-order valence-corrected chi connectivity index (χ3v) is 2.87.